The highest BCUT2D eigenvalue weighted by Gasteiger charge is 2.30. The fraction of sp³-hybridized carbons (Fsp3) is 0.462. The van der Waals surface area contributed by atoms with Crippen LogP contribution in [0.25, 0.3) is 0 Å². The Morgan fingerprint density at radius 2 is 2.17 bits per heavy atom. The maximum Gasteiger partial charge on any atom is 0.417 e. The van der Waals surface area contributed by atoms with Crippen LogP contribution in [0.15, 0.2) is 18.3 Å². The van der Waals surface area contributed by atoms with Crippen molar-refractivity contribution >= 4 is 0 Å². The minimum atomic E-state index is -4.35. The minimum absolute atomic E-state index is 0.103. The molecule has 18 heavy (non-hydrogen) atoms. The van der Waals surface area contributed by atoms with Crippen molar-refractivity contribution < 1.29 is 13.2 Å². The monoisotopic (exact) mass is 256 g/mol. The number of hydrogen-bond acceptors (Lipinski definition) is 2. The predicted octanol–water partition coefficient (Wildman–Crippen LogP) is 3.16. The molecule has 1 N–H and O–H groups in total. The van der Waals surface area contributed by atoms with Gasteiger partial charge in [0.1, 0.15) is 0 Å². The number of alkyl halides is 3. The van der Waals surface area contributed by atoms with E-state index in [2.05, 4.69) is 16.2 Å². The van der Waals surface area contributed by atoms with E-state index in [0.717, 1.165) is 12.3 Å². The largest absolute Gasteiger partial charge is 0.417 e. The van der Waals surface area contributed by atoms with E-state index in [1.54, 1.807) is 0 Å². The number of nitrogens with one attached hydrogen (secondary N) is 1. The van der Waals surface area contributed by atoms with Crippen molar-refractivity contribution in [1.29, 1.82) is 0 Å². The van der Waals surface area contributed by atoms with Gasteiger partial charge in [-0.2, -0.15) is 13.2 Å². The van der Waals surface area contributed by atoms with Crippen LogP contribution in [0.5, 0.6) is 0 Å². The highest BCUT2D eigenvalue weighted by atomic mass is 19.4. The summed E-state index contributed by atoms with van der Waals surface area (Å²) in [5, 5.41) is 3.15. The lowest BCUT2D eigenvalue weighted by Gasteiger charge is -2.16. The van der Waals surface area contributed by atoms with Crippen LogP contribution in [0.1, 0.15) is 37.1 Å². The molecule has 1 heterocycles. The summed E-state index contributed by atoms with van der Waals surface area (Å²) < 4.78 is 37.2. The molecule has 2 nitrogen and oxygen atoms in total. The second-order valence-corrected chi connectivity index (χ2v) is 3.82. The van der Waals surface area contributed by atoms with Crippen molar-refractivity contribution in [3.8, 4) is 12.3 Å². The van der Waals surface area contributed by atoms with Crippen molar-refractivity contribution in [2.45, 2.75) is 32.0 Å². The lowest BCUT2D eigenvalue weighted by Crippen LogP contribution is -2.22. The number of aromatic nitrogens is 1. The van der Waals surface area contributed by atoms with E-state index in [4.69, 9.17) is 6.42 Å². The normalized spacial score (nSPS) is 13.1. The van der Waals surface area contributed by atoms with Crippen molar-refractivity contribution in [2.24, 2.45) is 0 Å². The van der Waals surface area contributed by atoms with Crippen LogP contribution in [-0.4, -0.2) is 11.5 Å². The Morgan fingerprint density at radius 1 is 1.44 bits per heavy atom. The molecular formula is C13H15F3N2. The summed E-state index contributed by atoms with van der Waals surface area (Å²) in [6.07, 6.45) is 2.90. The van der Waals surface area contributed by atoms with Crippen molar-refractivity contribution in [2.75, 3.05) is 6.54 Å². The van der Waals surface area contributed by atoms with Crippen LogP contribution >= 0.6 is 0 Å². The smallest absolute Gasteiger partial charge is 0.309 e. The van der Waals surface area contributed by atoms with E-state index in [0.29, 0.717) is 25.1 Å². The molecule has 0 saturated carbocycles. The Kier molecular flexibility index (Phi) is 5.17. The average molecular weight is 256 g/mol. The predicted molar refractivity (Wildman–Crippen MR) is 63.7 cm³/mol. The van der Waals surface area contributed by atoms with Gasteiger partial charge >= 0.3 is 6.18 Å². The van der Waals surface area contributed by atoms with Crippen LogP contribution in [-0.2, 0) is 6.18 Å². The standard InChI is InChI=1S/C13H15F3N2/c1-3-5-6-11(17-4-2)12-8-7-10(9-18-12)13(14,15)16/h1,7-9,11,17H,4-6H2,2H3. The second kappa shape index (κ2) is 6.41. The number of pyridine rings is 1. The molecule has 5 heteroatoms. The van der Waals surface area contributed by atoms with Crippen molar-refractivity contribution in [3.63, 3.8) is 0 Å². The van der Waals surface area contributed by atoms with Crippen LogP contribution < -0.4 is 5.32 Å². The van der Waals surface area contributed by atoms with E-state index in [-0.39, 0.29) is 6.04 Å². The van der Waals surface area contributed by atoms with Crippen molar-refractivity contribution in [3.05, 3.63) is 29.6 Å². The molecule has 1 unspecified atom stereocenters. The number of halogens is 3. The summed E-state index contributed by atoms with van der Waals surface area (Å²) in [7, 11) is 0. The quantitative estimate of drug-likeness (QED) is 0.818. The van der Waals surface area contributed by atoms with E-state index >= 15 is 0 Å². The Balaban J connectivity index is 2.83. The topological polar surface area (TPSA) is 24.9 Å². The second-order valence-electron chi connectivity index (χ2n) is 3.82. The molecule has 0 radical (unpaired) electrons. The lowest BCUT2D eigenvalue weighted by atomic mass is 10.1. The van der Waals surface area contributed by atoms with Crippen LogP contribution in [0.3, 0.4) is 0 Å². The molecule has 0 aliphatic carbocycles. The minimum Gasteiger partial charge on any atom is -0.309 e. The third kappa shape index (κ3) is 4.04. The first-order chi connectivity index (χ1) is 8.49. The average Bonchev–Trinajstić information content (AvgIpc) is 2.33. The van der Waals surface area contributed by atoms with E-state index in [9.17, 15) is 13.2 Å². The van der Waals surface area contributed by atoms with Gasteiger partial charge in [0.2, 0.25) is 0 Å². The number of terminal acetylenes is 1. The summed E-state index contributed by atoms with van der Waals surface area (Å²) in [6.45, 7) is 2.63. The molecule has 0 amide bonds. The highest BCUT2D eigenvalue weighted by Crippen LogP contribution is 2.29. The van der Waals surface area contributed by atoms with Crippen LogP contribution in [0.4, 0.5) is 13.2 Å². The molecular weight excluding hydrogens is 241 g/mol. The van der Waals surface area contributed by atoms with Gasteiger partial charge in [0.05, 0.1) is 17.3 Å². The fourth-order valence-electron chi connectivity index (χ4n) is 1.61. The van der Waals surface area contributed by atoms with Gasteiger partial charge in [-0.25, -0.2) is 0 Å². The summed E-state index contributed by atoms with van der Waals surface area (Å²) >= 11 is 0. The maximum atomic E-state index is 12.4. The van der Waals surface area contributed by atoms with Gasteiger partial charge in [-0.15, -0.1) is 12.3 Å². The van der Waals surface area contributed by atoms with Gasteiger partial charge in [-0.1, -0.05) is 6.92 Å². The van der Waals surface area contributed by atoms with E-state index < -0.39 is 11.7 Å². The Labute approximate surface area is 105 Å². The number of rotatable bonds is 5. The van der Waals surface area contributed by atoms with Gasteiger partial charge < -0.3 is 5.32 Å². The molecule has 0 aromatic carbocycles. The zero-order valence-electron chi connectivity index (χ0n) is 10.1. The number of hydrogen-bond donors (Lipinski definition) is 1. The molecule has 0 saturated heterocycles. The Morgan fingerprint density at radius 3 is 2.61 bits per heavy atom. The van der Waals surface area contributed by atoms with Crippen LogP contribution in [0.2, 0.25) is 0 Å². The first-order valence-electron chi connectivity index (χ1n) is 5.69. The fourth-order valence-corrected chi connectivity index (χ4v) is 1.61. The first kappa shape index (κ1) is 14.5. The van der Waals surface area contributed by atoms with E-state index in [1.807, 2.05) is 6.92 Å². The molecule has 1 rings (SSSR count). The Bertz CT molecular complexity index is 404. The van der Waals surface area contributed by atoms with Gasteiger partial charge in [0.25, 0.3) is 0 Å². The zero-order chi connectivity index (χ0) is 13.6. The van der Waals surface area contributed by atoms with Crippen LogP contribution in [0, 0.1) is 12.3 Å². The van der Waals surface area contributed by atoms with Gasteiger partial charge in [-0.05, 0) is 25.1 Å². The molecule has 0 bridgehead atoms. The number of nitrogens with zero attached hydrogens (tertiary/aromatic N) is 1. The van der Waals surface area contributed by atoms with E-state index in [1.165, 1.54) is 6.07 Å². The lowest BCUT2D eigenvalue weighted by molar-refractivity contribution is -0.137. The van der Waals surface area contributed by atoms with Gasteiger partial charge in [0.15, 0.2) is 0 Å². The summed E-state index contributed by atoms with van der Waals surface area (Å²) in [4.78, 5) is 3.87. The van der Waals surface area contributed by atoms with Gasteiger partial charge in [-0.3, -0.25) is 4.98 Å². The zero-order valence-corrected chi connectivity index (χ0v) is 10.1. The molecule has 0 fully saturated rings. The third-order valence-corrected chi connectivity index (χ3v) is 2.50. The first-order valence-corrected chi connectivity index (χ1v) is 5.69. The Hall–Kier alpha value is -1.54. The van der Waals surface area contributed by atoms with Crippen molar-refractivity contribution in [1.82, 2.24) is 10.3 Å². The molecule has 1 aromatic heterocycles. The highest BCUT2D eigenvalue weighted by molar-refractivity contribution is 5.19. The molecule has 1 aromatic rings. The third-order valence-electron chi connectivity index (χ3n) is 2.50. The molecule has 0 aliphatic rings. The molecule has 1 atom stereocenters. The molecule has 0 spiro atoms. The summed E-state index contributed by atoms with van der Waals surface area (Å²) in [5.41, 5.74) is -0.154. The maximum absolute atomic E-state index is 12.4. The molecule has 98 valence electrons. The summed E-state index contributed by atoms with van der Waals surface area (Å²) in [6, 6.07) is 2.34. The summed E-state index contributed by atoms with van der Waals surface area (Å²) in [5.74, 6) is 2.51. The van der Waals surface area contributed by atoms with Gasteiger partial charge in [0, 0.05) is 12.6 Å². The SMILES string of the molecule is C#CCCC(NCC)c1ccc(C(F)(F)F)cn1. The molecule has 0 aliphatic heterocycles.